The van der Waals surface area contributed by atoms with Gasteiger partial charge in [0.1, 0.15) is 0 Å². The summed E-state index contributed by atoms with van der Waals surface area (Å²) in [6, 6.07) is 2.82. The Kier molecular flexibility index (Phi) is 5.21. The zero-order valence-electron chi connectivity index (χ0n) is 9.74. The van der Waals surface area contributed by atoms with Gasteiger partial charge >= 0.3 is 6.18 Å². The van der Waals surface area contributed by atoms with Gasteiger partial charge in [0.15, 0.2) is 0 Å². The molecule has 0 spiro atoms. The van der Waals surface area contributed by atoms with Crippen molar-refractivity contribution in [1.29, 1.82) is 0 Å². The van der Waals surface area contributed by atoms with E-state index >= 15 is 0 Å². The number of rotatable bonds is 6. The largest absolute Gasteiger partial charge is 0.398 e. The normalized spacial score (nSPS) is 11.7. The van der Waals surface area contributed by atoms with Gasteiger partial charge in [0.05, 0.1) is 6.61 Å². The molecule has 7 heteroatoms. The second kappa shape index (κ2) is 6.44. The molecule has 2 N–H and O–H groups in total. The SMILES string of the molecule is Nc1ccc(=O)n(CCOCCCC(F)(F)F)c1. The summed E-state index contributed by atoms with van der Waals surface area (Å²) in [4.78, 5) is 11.3. The van der Waals surface area contributed by atoms with E-state index in [1.807, 2.05) is 0 Å². The number of anilines is 1. The van der Waals surface area contributed by atoms with Crippen molar-refractivity contribution in [2.75, 3.05) is 18.9 Å². The minimum absolute atomic E-state index is 0.0244. The molecule has 0 atom stereocenters. The number of hydrogen-bond acceptors (Lipinski definition) is 3. The Morgan fingerprint density at radius 1 is 1.28 bits per heavy atom. The maximum atomic E-state index is 11.8. The maximum Gasteiger partial charge on any atom is 0.389 e. The third kappa shape index (κ3) is 5.72. The molecule has 0 bridgehead atoms. The second-order valence-electron chi connectivity index (χ2n) is 3.83. The average molecular weight is 264 g/mol. The molecule has 4 nitrogen and oxygen atoms in total. The molecule has 0 unspecified atom stereocenters. The summed E-state index contributed by atoms with van der Waals surface area (Å²) in [7, 11) is 0. The van der Waals surface area contributed by atoms with Crippen LogP contribution in [0.2, 0.25) is 0 Å². The first-order valence-corrected chi connectivity index (χ1v) is 5.49. The van der Waals surface area contributed by atoms with Crippen molar-refractivity contribution in [2.24, 2.45) is 0 Å². The molecule has 0 fully saturated rings. The highest BCUT2D eigenvalue weighted by molar-refractivity contribution is 5.33. The van der Waals surface area contributed by atoms with E-state index in [1.54, 1.807) is 0 Å². The van der Waals surface area contributed by atoms with Crippen LogP contribution >= 0.6 is 0 Å². The Hall–Kier alpha value is -1.50. The van der Waals surface area contributed by atoms with Gasteiger partial charge in [-0.3, -0.25) is 4.79 Å². The van der Waals surface area contributed by atoms with Gasteiger partial charge in [-0.05, 0) is 12.5 Å². The van der Waals surface area contributed by atoms with Gasteiger partial charge in [-0.15, -0.1) is 0 Å². The van der Waals surface area contributed by atoms with E-state index in [4.69, 9.17) is 10.5 Å². The number of aromatic nitrogens is 1. The predicted molar refractivity (Wildman–Crippen MR) is 61.2 cm³/mol. The van der Waals surface area contributed by atoms with Crippen molar-refractivity contribution in [2.45, 2.75) is 25.6 Å². The number of nitrogens with two attached hydrogens (primary N) is 1. The van der Waals surface area contributed by atoms with Gasteiger partial charge in [-0.25, -0.2) is 0 Å². The molecule has 0 radical (unpaired) electrons. The van der Waals surface area contributed by atoms with Crippen molar-refractivity contribution in [1.82, 2.24) is 4.57 Å². The van der Waals surface area contributed by atoms with Gasteiger partial charge in [0, 0.05) is 37.5 Å². The predicted octanol–water partition coefficient (Wildman–Crippen LogP) is 1.79. The maximum absolute atomic E-state index is 11.8. The highest BCUT2D eigenvalue weighted by Crippen LogP contribution is 2.20. The smallest absolute Gasteiger partial charge is 0.389 e. The van der Waals surface area contributed by atoms with Crippen LogP contribution in [-0.2, 0) is 11.3 Å². The monoisotopic (exact) mass is 264 g/mol. The van der Waals surface area contributed by atoms with Gasteiger partial charge in [-0.2, -0.15) is 13.2 Å². The molecule has 1 aromatic rings. The van der Waals surface area contributed by atoms with E-state index in [-0.39, 0.29) is 31.7 Å². The number of nitrogen functional groups attached to an aromatic ring is 1. The number of hydrogen-bond donors (Lipinski definition) is 1. The fourth-order valence-corrected chi connectivity index (χ4v) is 1.36. The molecule has 0 aromatic carbocycles. The van der Waals surface area contributed by atoms with E-state index in [9.17, 15) is 18.0 Å². The Bertz CT molecular complexity index is 429. The summed E-state index contributed by atoms with van der Waals surface area (Å²) in [5.41, 5.74) is 5.73. The lowest BCUT2D eigenvalue weighted by molar-refractivity contribution is -0.137. The minimum atomic E-state index is -4.14. The first-order valence-electron chi connectivity index (χ1n) is 5.49. The van der Waals surface area contributed by atoms with Crippen LogP contribution in [0.5, 0.6) is 0 Å². The Morgan fingerprint density at radius 3 is 2.67 bits per heavy atom. The first kappa shape index (κ1) is 14.6. The fourth-order valence-electron chi connectivity index (χ4n) is 1.36. The van der Waals surface area contributed by atoms with Crippen LogP contribution in [0.1, 0.15) is 12.8 Å². The number of pyridine rings is 1. The summed E-state index contributed by atoms with van der Waals surface area (Å²) in [5.74, 6) is 0. The second-order valence-corrected chi connectivity index (χ2v) is 3.83. The standard InChI is InChI=1S/C11H15F3N2O2/c12-11(13,14)4-1-6-18-7-5-16-8-9(15)2-3-10(16)17/h2-3,8H,1,4-7,15H2. The molecule has 0 saturated heterocycles. The molecule has 0 amide bonds. The summed E-state index contributed by atoms with van der Waals surface area (Å²) >= 11 is 0. The van der Waals surface area contributed by atoms with Crippen LogP contribution in [0.3, 0.4) is 0 Å². The Labute approximate surface area is 102 Å². The summed E-state index contributed by atoms with van der Waals surface area (Å²) < 4.78 is 41.8. The lowest BCUT2D eigenvalue weighted by atomic mass is 10.3. The lowest BCUT2D eigenvalue weighted by Crippen LogP contribution is -2.21. The highest BCUT2D eigenvalue weighted by atomic mass is 19.4. The molecule has 102 valence electrons. The van der Waals surface area contributed by atoms with Crippen molar-refractivity contribution < 1.29 is 17.9 Å². The minimum Gasteiger partial charge on any atom is -0.398 e. The summed E-state index contributed by atoms with van der Waals surface area (Å²) in [6.07, 6.45) is -3.60. The third-order valence-electron chi connectivity index (χ3n) is 2.23. The van der Waals surface area contributed by atoms with Gasteiger partial charge < -0.3 is 15.0 Å². The van der Waals surface area contributed by atoms with Gasteiger partial charge in [0.2, 0.25) is 0 Å². The molecule has 0 aliphatic carbocycles. The van der Waals surface area contributed by atoms with Crippen LogP contribution in [0.4, 0.5) is 18.9 Å². The number of alkyl halides is 3. The van der Waals surface area contributed by atoms with Crippen molar-refractivity contribution in [3.05, 3.63) is 28.7 Å². The molecule has 0 aliphatic rings. The molecule has 1 heterocycles. The molecular formula is C11H15F3N2O2. The highest BCUT2D eigenvalue weighted by Gasteiger charge is 2.25. The number of halogens is 3. The summed E-state index contributed by atoms with van der Waals surface area (Å²) in [6.45, 7) is 0.480. The van der Waals surface area contributed by atoms with E-state index in [1.165, 1.54) is 22.9 Å². The van der Waals surface area contributed by atoms with Crippen LogP contribution in [0.15, 0.2) is 23.1 Å². The first-order chi connectivity index (χ1) is 8.38. The molecule has 1 rings (SSSR count). The zero-order chi connectivity index (χ0) is 13.6. The average Bonchev–Trinajstić information content (AvgIpc) is 2.26. The zero-order valence-corrected chi connectivity index (χ0v) is 9.74. The van der Waals surface area contributed by atoms with E-state index < -0.39 is 12.6 Å². The summed E-state index contributed by atoms with van der Waals surface area (Å²) in [5, 5.41) is 0. The molecule has 18 heavy (non-hydrogen) atoms. The molecule has 0 saturated carbocycles. The number of nitrogens with zero attached hydrogens (tertiary/aromatic N) is 1. The van der Waals surface area contributed by atoms with Crippen molar-refractivity contribution in [3.8, 4) is 0 Å². The van der Waals surface area contributed by atoms with E-state index in [0.717, 1.165) is 0 Å². The Balaban J connectivity index is 2.22. The van der Waals surface area contributed by atoms with Crippen molar-refractivity contribution in [3.63, 3.8) is 0 Å². The lowest BCUT2D eigenvalue weighted by Gasteiger charge is -2.08. The number of ether oxygens (including phenoxy) is 1. The van der Waals surface area contributed by atoms with E-state index in [2.05, 4.69) is 0 Å². The molecule has 0 aliphatic heterocycles. The third-order valence-corrected chi connectivity index (χ3v) is 2.23. The van der Waals surface area contributed by atoms with Crippen LogP contribution in [0, 0.1) is 0 Å². The van der Waals surface area contributed by atoms with E-state index in [0.29, 0.717) is 5.69 Å². The van der Waals surface area contributed by atoms with Crippen LogP contribution < -0.4 is 11.3 Å². The van der Waals surface area contributed by atoms with Crippen LogP contribution in [-0.4, -0.2) is 24.0 Å². The topological polar surface area (TPSA) is 57.2 Å². The molecule has 1 aromatic heterocycles. The quantitative estimate of drug-likeness (QED) is 0.797. The van der Waals surface area contributed by atoms with Crippen molar-refractivity contribution >= 4 is 5.69 Å². The Morgan fingerprint density at radius 2 is 2.00 bits per heavy atom. The van der Waals surface area contributed by atoms with Gasteiger partial charge in [-0.1, -0.05) is 0 Å². The molecular weight excluding hydrogens is 249 g/mol. The van der Waals surface area contributed by atoms with Gasteiger partial charge in [0.25, 0.3) is 5.56 Å². The fraction of sp³-hybridized carbons (Fsp3) is 0.545. The van der Waals surface area contributed by atoms with Crippen LogP contribution in [0.25, 0.3) is 0 Å².